The molecule has 0 bridgehead atoms. The molecule has 0 saturated carbocycles. The zero-order valence-corrected chi connectivity index (χ0v) is 13.6. The third kappa shape index (κ3) is 4.37. The van der Waals surface area contributed by atoms with Crippen molar-refractivity contribution in [2.24, 2.45) is 11.7 Å². The van der Waals surface area contributed by atoms with Gasteiger partial charge in [-0.3, -0.25) is 0 Å². The number of nitrogens with two attached hydrogens (primary N) is 1. The van der Waals surface area contributed by atoms with Gasteiger partial charge in [0.05, 0.1) is 4.99 Å². The van der Waals surface area contributed by atoms with Crippen molar-refractivity contribution in [1.29, 1.82) is 0 Å². The molecule has 1 aliphatic heterocycles. The Balaban J connectivity index is 2.66. The first-order chi connectivity index (χ1) is 8.78. The van der Waals surface area contributed by atoms with Crippen LogP contribution >= 0.6 is 12.2 Å². The van der Waals surface area contributed by atoms with Crippen LogP contribution in [0.3, 0.4) is 0 Å². The first-order valence-electron chi connectivity index (χ1n) is 6.72. The van der Waals surface area contributed by atoms with E-state index in [0.717, 1.165) is 19.4 Å². The zero-order chi connectivity index (χ0) is 14.6. The molecule has 0 aliphatic carbocycles. The van der Waals surface area contributed by atoms with E-state index in [1.54, 1.807) is 11.2 Å². The van der Waals surface area contributed by atoms with Crippen molar-refractivity contribution in [2.45, 2.75) is 31.4 Å². The molecule has 5 nitrogen and oxygen atoms in total. The normalized spacial score (nSPS) is 20.6. The summed E-state index contributed by atoms with van der Waals surface area (Å²) >= 11 is 4.88. The molecule has 0 aromatic heterocycles. The smallest absolute Gasteiger partial charge is 0.223 e. The maximum absolute atomic E-state index is 12.4. The van der Waals surface area contributed by atoms with Crippen molar-refractivity contribution < 1.29 is 8.42 Å². The van der Waals surface area contributed by atoms with Crippen molar-refractivity contribution in [1.82, 2.24) is 9.21 Å². The van der Waals surface area contributed by atoms with E-state index >= 15 is 0 Å². The predicted octanol–water partition coefficient (Wildman–Crippen LogP) is 0.655. The summed E-state index contributed by atoms with van der Waals surface area (Å²) in [6, 6.07) is 0. The summed E-state index contributed by atoms with van der Waals surface area (Å²) < 4.78 is 26.4. The van der Waals surface area contributed by atoms with Crippen LogP contribution in [0.15, 0.2) is 0 Å². The quantitative estimate of drug-likeness (QED) is 0.730. The van der Waals surface area contributed by atoms with Gasteiger partial charge in [-0.15, -0.1) is 0 Å². The summed E-state index contributed by atoms with van der Waals surface area (Å²) in [6.45, 7) is 3.99. The van der Waals surface area contributed by atoms with Gasteiger partial charge in [0.1, 0.15) is 5.25 Å². The van der Waals surface area contributed by atoms with Gasteiger partial charge in [0.25, 0.3) is 0 Å². The summed E-state index contributed by atoms with van der Waals surface area (Å²) in [7, 11) is 0.718. The fourth-order valence-corrected chi connectivity index (χ4v) is 4.93. The fourth-order valence-electron chi connectivity index (χ4n) is 2.60. The van der Waals surface area contributed by atoms with Crippen LogP contribution in [0.25, 0.3) is 0 Å². The van der Waals surface area contributed by atoms with Gasteiger partial charge in [0.15, 0.2) is 0 Å². The van der Waals surface area contributed by atoms with E-state index in [0.29, 0.717) is 25.4 Å². The Labute approximate surface area is 122 Å². The number of hydrogen-bond acceptors (Lipinski definition) is 4. The van der Waals surface area contributed by atoms with Gasteiger partial charge in [0.2, 0.25) is 10.0 Å². The van der Waals surface area contributed by atoms with Crippen molar-refractivity contribution in [2.75, 3.05) is 33.7 Å². The Morgan fingerprint density at radius 1 is 1.42 bits per heavy atom. The lowest BCUT2D eigenvalue weighted by Gasteiger charge is -2.34. The molecule has 0 aromatic rings. The Morgan fingerprint density at radius 2 is 1.95 bits per heavy atom. The zero-order valence-electron chi connectivity index (χ0n) is 12.0. The van der Waals surface area contributed by atoms with Crippen LogP contribution in [0.2, 0.25) is 0 Å². The lowest BCUT2D eigenvalue weighted by Crippen LogP contribution is -2.48. The Bertz CT molecular complexity index is 401. The van der Waals surface area contributed by atoms with E-state index in [1.165, 1.54) is 0 Å². The largest absolute Gasteiger partial charge is 0.392 e. The SMILES string of the molecule is CCC(C(N)=S)S(=O)(=O)N1CCC(CN(C)C)CC1. The summed E-state index contributed by atoms with van der Waals surface area (Å²) in [5, 5.41) is -0.715. The van der Waals surface area contributed by atoms with Crippen LogP contribution in [0, 0.1) is 5.92 Å². The minimum absolute atomic E-state index is 0.0814. The number of nitrogens with zero attached hydrogens (tertiary/aromatic N) is 2. The topological polar surface area (TPSA) is 66.6 Å². The molecule has 19 heavy (non-hydrogen) atoms. The van der Waals surface area contributed by atoms with Crippen molar-refractivity contribution in [3.63, 3.8) is 0 Å². The second kappa shape index (κ2) is 6.97. The first kappa shape index (κ1) is 16.8. The van der Waals surface area contributed by atoms with E-state index in [1.807, 2.05) is 14.1 Å². The van der Waals surface area contributed by atoms with Gasteiger partial charge >= 0.3 is 0 Å². The Morgan fingerprint density at radius 3 is 2.32 bits per heavy atom. The molecule has 1 rings (SSSR count). The third-order valence-corrected chi connectivity index (χ3v) is 6.43. The summed E-state index contributed by atoms with van der Waals surface area (Å²) in [4.78, 5) is 2.23. The summed E-state index contributed by atoms with van der Waals surface area (Å²) in [6.07, 6.45) is 2.26. The van der Waals surface area contributed by atoms with Crippen LogP contribution in [0.5, 0.6) is 0 Å². The second-order valence-corrected chi connectivity index (χ2v) is 8.04. The van der Waals surface area contributed by atoms with Gasteiger partial charge in [-0.1, -0.05) is 19.1 Å². The fraction of sp³-hybridized carbons (Fsp3) is 0.917. The Kier molecular flexibility index (Phi) is 6.16. The molecule has 7 heteroatoms. The van der Waals surface area contributed by atoms with Crippen molar-refractivity contribution in [3.8, 4) is 0 Å². The van der Waals surface area contributed by atoms with Crippen LogP contribution in [-0.4, -0.2) is 61.6 Å². The summed E-state index contributed by atoms with van der Waals surface area (Å²) in [5.41, 5.74) is 5.55. The van der Waals surface area contributed by atoms with Gasteiger partial charge < -0.3 is 10.6 Å². The minimum Gasteiger partial charge on any atom is -0.392 e. The molecule has 1 fully saturated rings. The second-order valence-electron chi connectivity index (χ2n) is 5.45. The molecule has 1 aliphatic rings. The third-order valence-electron chi connectivity index (χ3n) is 3.60. The number of thiocarbonyl (C=S) groups is 1. The predicted molar refractivity (Wildman–Crippen MR) is 82.6 cm³/mol. The highest BCUT2D eigenvalue weighted by Crippen LogP contribution is 2.23. The number of sulfonamides is 1. The number of rotatable bonds is 6. The van der Waals surface area contributed by atoms with E-state index in [-0.39, 0.29) is 4.99 Å². The van der Waals surface area contributed by atoms with Crippen LogP contribution < -0.4 is 5.73 Å². The summed E-state index contributed by atoms with van der Waals surface area (Å²) in [5.74, 6) is 0.575. The number of piperidine rings is 1. The average Bonchev–Trinajstić information content (AvgIpc) is 2.28. The van der Waals surface area contributed by atoms with E-state index < -0.39 is 15.3 Å². The maximum Gasteiger partial charge on any atom is 0.223 e. The lowest BCUT2D eigenvalue weighted by atomic mass is 9.98. The van der Waals surface area contributed by atoms with Crippen LogP contribution in [0.1, 0.15) is 26.2 Å². The van der Waals surface area contributed by atoms with E-state index in [2.05, 4.69) is 4.90 Å². The molecule has 0 aromatic carbocycles. The van der Waals surface area contributed by atoms with Crippen molar-refractivity contribution in [3.05, 3.63) is 0 Å². The molecule has 1 unspecified atom stereocenters. The maximum atomic E-state index is 12.4. The molecule has 112 valence electrons. The van der Waals surface area contributed by atoms with Gasteiger partial charge in [0, 0.05) is 19.6 Å². The Hall–Kier alpha value is -0.240. The van der Waals surface area contributed by atoms with E-state index in [9.17, 15) is 8.42 Å². The molecule has 2 N–H and O–H groups in total. The van der Waals surface area contributed by atoms with Crippen LogP contribution in [-0.2, 0) is 10.0 Å². The monoisotopic (exact) mass is 307 g/mol. The molecular weight excluding hydrogens is 282 g/mol. The highest BCUT2D eigenvalue weighted by Gasteiger charge is 2.35. The highest BCUT2D eigenvalue weighted by molar-refractivity contribution is 7.92. The minimum atomic E-state index is -3.37. The molecule has 0 amide bonds. The van der Waals surface area contributed by atoms with Crippen molar-refractivity contribution >= 4 is 27.2 Å². The molecular formula is C12H25N3O2S2. The van der Waals surface area contributed by atoms with E-state index in [4.69, 9.17) is 18.0 Å². The standard InChI is InChI=1S/C12H25N3O2S2/c1-4-11(12(13)18)19(16,17)15-7-5-10(6-8-15)9-14(2)3/h10-11H,4-9H2,1-3H3,(H2,13,18). The highest BCUT2D eigenvalue weighted by atomic mass is 32.2. The molecule has 0 spiro atoms. The van der Waals surface area contributed by atoms with Gasteiger partial charge in [-0.2, -0.15) is 0 Å². The van der Waals surface area contributed by atoms with Gasteiger partial charge in [-0.05, 0) is 39.3 Å². The van der Waals surface area contributed by atoms with Crippen LogP contribution in [0.4, 0.5) is 0 Å². The molecule has 0 radical (unpaired) electrons. The molecule has 1 saturated heterocycles. The lowest BCUT2D eigenvalue weighted by molar-refractivity contribution is 0.224. The average molecular weight is 307 g/mol. The first-order valence-corrected chi connectivity index (χ1v) is 8.63. The van der Waals surface area contributed by atoms with Gasteiger partial charge in [-0.25, -0.2) is 12.7 Å². The molecule has 1 heterocycles. The molecule has 1 atom stereocenters. The number of hydrogen-bond donors (Lipinski definition) is 1.